The number of hydrogen-bond acceptors (Lipinski definition) is 10. The number of ether oxygens (including phenoxy) is 4. The van der Waals surface area contributed by atoms with Crippen molar-refractivity contribution in [1.29, 1.82) is 0 Å². The lowest BCUT2D eigenvalue weighted by Gasteiger charge is -2.41. The van der Waals surface area contributed by atoms with Crippen LogP contribution in [0.2, 0.25) is 0 Å². The minimum Gasteiger partial charge on any atom is -0.497 e. The lowest BCUT2D eigenvalue weighted by Crippen LogP contribution is -2.59. The van der Waals surface area contributed by atoms with E-state index >= 15 is 0 Å². The van der Waals surface area contributed by atoms with Crippen LogP contribution in [-0.2, 0) is 25.9 Å². The molecule has 2 fully saturated rings. The Bertz CT molecular complexity index is 1490. The molecule has 0 aliphatic carbocycles. The highest BCUT2D eigenvalue weighted by Crippen LogP contribution is 2.41. The minimum absolute atomic E-state index is 0.0232. The largest absolute Gasteiger partial charge is 0.497 e. The molecule has 0 spiro atoms. The van der Waals surface area contributed by atoms with Crippen LogP contribution in [-0.4, -0.2) is 88.5 Å². The van der Waals surface area contributed by atoms with Crippen molar-refractivity contribution in [1.82, 2.24) is 15.4 Å². The molecule has 3 aliphatic heterocycles. The third-order valence-electron chi connectivity index (χ3n) is 8.91. The summed E-state index contributed by atoms with van der Waals surface area (Å²) in [5.41, 5.74) is 1.50. The van der Waals surface area contributed by atoms with Crippen molar-refractivity contribution in [2.24, 2.45) is 17.8 Å². The molecule has 2 aromatic carbocycles. The number of benzene rings is 2. The van der Waals surface area contributed by atoms with E-state index in [0.29, 0.717) is 55.6 Å². The highest BCUT2D eigenvalue weighted by atomic mass is 32.2. The van der Waals surface area contributed by atoms with Gasteiger partial charge in [-0.15, -0.1) is 0 Å². The normalized spacial score (nSPS) is 24.4. The van der Waals surface area contributed by atoms with Gasteiger partial charge in [0.25, 0.3) is 0 Å². The fraction of sp³-hybridized carbons (Fsp3) is 0.606. The molecule has 1 amide bonds. The summed E-state index contributed by atoms with van der Waals surface area (Å²) in [7, 11) is -2.70. The maximum atomic E-state index is 14.2. The van der Waals surface area contributed by atoms with Gasteiger partial charge in [0.05, 0.1) is 49.1 Å². The third kappa shape index (κ3) is 8.30. The van der Waals surface area contributed by atoms with Gasteiger partial charge < -0.3 is 39.4 Å². The van der Waals surface area contributed by atoms with E-state index < -0.39 is 52.9 Å². The van der Waals surface area contributed by atoms with Crippen molar-refractivity contribution < 1.29 is 42.4 Å². The molecule has 7 atom stereocenters. The molecule has 2 saturated heterocycles. The molecule has 2 aromatic rings. The van der Waals surface area contributed by atoms with E-state index in [1.165, 1.54) is 19.2 Å². The predicted octanol–water partition coefficient (Wildman–Crippen LogP) is 3.12. The van der Waals surface area contributed by atoms with E-state index in [0.717, 1.165) is 5.69 Å². The van der Waals surface area contributed by atoms with Gasteiger partial charge in [-0.1, -0.05) is 26.0 Å². The molecule has 5 rings (SSSR count). The zero-order chi connectivity index (χ0) is 33.9. The molecule has 3 aliphatic rings. The number of carbonyl (C=O) groups is 1. The van der Waals surface area contributed by atoms with Gasteiger partial charge in [0.15, 0.2) is 6.29 Å². The molecule has 47 heavy (non-hydrogen) atoms. The van der Waals surface area contributed by atoms with Gasteiger partial charge in [0.1, 0.15) is 11.5 Å². The number of carboxylic acid groups (broad SMARTS) is 1. The Balaban J connectivity index is 1.47. The number of fused-ring (bicyclic) bond motifs is 2. The lowest BCUT2D eigenvalue weighted by atomic mass is 9.77. The third-order valence-corrected chi connectivity index (χ3v) is 10.4. The first-order chi connectivity index (χ1) is 22.4. The van der Waals surface area contributed by atoms with Gasteiger partial charge in [-0.25, -0.2) is 17.9 Å². The standard InChI is InChI=1S/C33H48N4O9S/c1-19(2)18-37-27-10-9-23(17-28(27)46-32(37)34-20(3)4)47(41,42)36-29(24-11-13-44-31-25(24)12-14-45-31)30(38)26(35-33(39)40)16-21-7-6-8-22(15-21)43-5/h6-10,15,17,19-20,24-26,29-32,34-36,38H,11-14,16,18H2,1-5H3,(H,39,40)/t24-,25+,26-,29?,30+,31+,32?/m0/s1. The van der Waals surface area contributed by atoms with Crippen LogP contribution in [0.4, 0.5) is 10.5 Å². The van der Waals surface area contributed by atoms with E-state index in [2.05, 4.69) is 34.1 Å². The number of methoxy groups -OCH3 is 1. The summed E-state index contributed by atoms with van der Waals surface area (Å²) in [4.78, 5) is 14.0. The number of anilines is 1. The van der Waals surface area contributed by atoms with E-state index in [1.54, 1.807) is 30.3 Å². The summed E-state index contributed by atoms with van der Waals surface area (Å²) in [6, 6.07) is 9.89. The molecule has 0 radical (unpaired) electrons. The molecule has 0 saturated carbocycles. The second-order valence-corrected chi connectivity index (χ2v) is 14.9. The smallest absolute Gasteiger partial charge is 0.404 e. The molecule has 5 N–H and O–H groups in total. The SMILES string of the molecule is COc1cccc(C[C@H](NC(=O)O)[C@@H](O)C(NS(=O)(=O)c2ccc3c(c2)OC(NC(C)C)N3CC(C)C)[C@H]2CCO[C@@H]3OCC[C@@H]32)c1. The first kappa shape index (κ1) is 35.2. The molecule has 14 heteroatoms. The zero-order valence-corrected chi connectivity index (χ0v) is 28.4. The van der Waals surface area contributed by atoms with E-state index in [1.807, 2.05) is 13.8 Å². The molecule has 260 valence electrons. The van der Waals surface area contributed by atoms with Crippen LogP contribution in [0.15, 0.2) is 47.4 Å². The van der Waals surface area contributed by atoms with Gasteiger partial charge in [0.2, 0.25) is 16.4 Å². The predicted molar refractivity (Wildman–Crippen MR) is 175 cm³/mol. The van der Waals surface area contributed by atoms with Crippen molar-refractivity contribution in [2.45, 2.75) is 88.7 Å². The molecule has 13 nitrogen and oxygen atoms in total. The summed E-state index contributed by atoms with van der Waals surface area (Å²) in [5.74, 6) is 0.763. The Morgan fingerprint density at radius 2 is 1.83 bits per heavy atom. The Labute approximate surface area is 277 Å². The first-order valence-electron chi connectivity index (χ1n) is 16.3. The van der Waals surface area contributed by atoms with Crippen LogP contribution in [0.5, 0.6) is 11.5 Å². The second kappa shape index (κ2) is 15.0. The van der Waals surface area contributed by atoms with Crippen LogP contribution in [0, 0.1) is 17.8 Å². The lowest BCUT2D eigenvalue weighted by molar-refractivity contribution is -0.172. The molecular weight excluding hydrogens is 628 g/mol. The molecule has 0 aromatic heterocycles. The van der Waals surface area contributed by atoms with E-state index in [9.17, 15) is 23.4 Å². The number of nitrogens with zero attached hydrogens (tertiary/aromatic N) is 1. The van der Waals surface area contributed by atoms with Crippen molar-refractivity contribution in [3.05, 3.63) is 48.0 Å². The van der Waals surface area contributed by atoms with Crippen LogP contribution < -0.4 is 29.7 Å². The van der Waals surface area contributed by atoms with Gasteiger partial charge >= 0.3 is 6.09 Å². The van der Waals surface area contributed by atoms with E-state index in [-0.39, 0.29) is 23.3 Å². The average molecular weight is 677 g/mol. The molecule has 2 unspecified atom stereocenters. The number of rotatable bonds is 14. The highest BCUT2D eigenvalue weighted by Gasteiger charge is 2.47. The summed E-state index contributed by atoms with van der Waals surface area (Å²) < 4.78 is 54.3. The summed E-state index contributed by atoms with van der Waals surface area (Å²) in [5, 5.41) is 27.6. The van der Waals surface area contributed by atoms with Gasteiger partial charge in [0, 0.05) is 24.6 Å². The van der Waals surface area contributed by atoms with Crippen molar-refractivity contribution in [3.63, 3.8) is 0 Å². The number of aliphatic hydroxyl groups is 1. The van der Waals surface area contributed by atoms with E-state index in [4.69, 9.17) is 18.9 Å². The Morgan fingerprint density at radius 1 is 1.09 bits per heavy atom. The molecule has 0 bridgehead atoms. The monoisotopic (exact) mass is 676 g/mol. The van der Waals surface area contributed by atoms with Crippen LogP contribution >= 0.6 is 0 Å². The van der Waals surface area contributed by atoms with Gasteiger partial charge in [-0.3, -0.25) is 5.32 Å². The minimum atomic E-state index is -4.24. The average Bonchev–Trinajstić information content (AvgIpc) is 3.63. The fourth-order valence-corrected chi connectivity index (χ4v) is 8.14. The van der Waals surface area contributed by atoms with Crippen LogP contribution in [0.1, 0.15) is 46.1 Å². The van der Waals surface area contributed by atoms with Crippen LogP contribution in [0.25, 0.3) is 0 Å². The van der Waals surface area contributed by atoms with Crippen molar-refractivity contribution in [2.75, 3.05) is 31.8 Å². The number of nitrogens with one attached hydrogen (secondary N) is 3. The first-order valence-corrected chi connectivity index (χ1v) is 17.7. The maximum Gasteiger partial charge on any atom is 0.404 e. The quantitative estimate of drug-likeness (QED) is 0.199. The maximum absolute atomic E-state index is 14.2. The number of sulfonamides is 1. The topological polar surface area (TPSA) is 168 Å². The number of aliphatic hydroxyl groups excluding tert-OH is 1. The Hall–Kier alpha value is -3.14. The summed E-state index contributed by atoms with van der Waals surface area (Å²) in [6.45, 7) is 9.71. The van der Waals surface area contributed by atoms with Gasteiger partial charge in [-0.05, 0) is 74.8 Å². The second-order valence-electron chi connectivity index (χ2n) is 13.2. The summed E-state index contributed by atoms with van der Waals surface area (Å²) in [6.07, 6.45) is -2.58. The van der Waals surface area contributed by atoms with Gasteiger partial charge in [-0.2, -0.15) is 0 Å². The molecule has 3 heterocycles. The zero-order valence-electron chi connectivity index (χ0n) is 27.6. The Morgan fingerprint density at radius 3 is 2.51 bits per heavy atom. The number of amides is 1. The molecular formula is C33H48N4O9S. The Kier molecular flexibility index (Phi) is 11.2. The fourth-order valence-electron chi connectivity index (χ4n) is 6.82. The summed E-state index contributed by atoms with van der Waals surface area (Å²) >= 11 is 0. The van der Waals surface area contributed by atoms with Crippen LogP contribution in [0.3, 0.4) is 0 Å². The van der Waals surface area contributed by atoms with Crippen molar-refractivity contribution in [3.8, 4) is 11.5 Å². The highest BCUT2D eigenvalue weighted by molar-refractivity contribution is 7.89. The van der Waals surface area contributed by atoms with Crippen molar-refractivity contribution >= 4 is 21.8 Å². The number of hydrogen-bond donors (Lipinski definition) is 5.